The molecule has 0 fully saturated rings. The van der Waals surface area contributed by atoms with Crippen LogP contribution in [0.1, 0.15) is 26.7 Å². The monoisotopic (exact) mass is 221 g/mol. The highest BCUT2D eigenvalue weighted by Gasteiger charge is 2.09. The molecule has 0 rings (SSSR count). The summed E-state index contributed by atoms with van der Waals surface area (Å²) in [6.45, 7) is 4.48. The van der Waals surface area contributed by atoms with E-state index in [1.807, 2.05) is 13.8 Å². The first-order valence-electron chi connectivity index (χ1n) is 4.71. The SMILES string of the molecule is CC(CC(=O)O)NCCC(C)S(C)=O. The van der Waals surface area contributed by atoms with Gasteiger partial charge in [-0.1, -0.05) is 6.92 Å². The summed E-state index contributed by atoms with van der Waals surface area (Å²) in [5.41, 5.74) is 0. The third kappa shape index (κ3) is 7.03. The molecule has 0 saturated heterocycles. The van der Waals surface area contributed by atoms with Gasteiger partial charge in [0.1, 0.15) is 0 Å². The second-order valence-corrected chi connectivity index (χ2v) is 5.35. The van der Waals surface area contributed by atoms with Crippen LogP contribution in [0.5, 0.6) is 0 Å². The fourth-order valence-electron chi connectivity index (χ4n) is 1.03. The number of carbonyl (C=O) groups is 1. The van der Waals surface area contributed by atoms with Gasteiger partial charge in [-0.2, -0.15) is 0 Å². The van der Waals surface area contributed by atoms with Crippen molar-refractivity contribution in [2.75, 3.05) is 12.8 Å². The van der Waals surface area contributed by atoms with Gasteiger partial charge in [0.2, 0.25) is 0 Å². The first-order valence-corrected chi connectivity index (χ1v) is 6.33. The number of nitrogens with one attached hydrogen (secondary N) is 1. The minimum absolute atomic E-state index is 0.0232. The van der Waals surface area contributed by atoms with Crippen molar-refractivity contribution in [3.63, 3.8) is 0 Å². The molecule has 0 saturated carbocycles. The highest BCUT2D eigenvalue weighted by atomic mass is 32.2. The van der Waals surface area contributed by atoms with Gasteiger partial charge in [-0.15, -0.1) is 0 Å². The Morgan fingerprint density at radius 2 is 2.07 bits per heavy atom. The maximum absolute atomic E-state index is 11.0. The molecule has 2 N–H and O–H groups in total. The summed E-state index contributed by atoms with van der Waals surface area (Å²) in [6, 6.07) is -0.0232. The molecule has 0 aliphatic carbocycles. The van der Waals surface area contributed by atoms with Gasteiger partial charge in [-0.25, -0.2) is 0 Å². The van der Waals surface area contributed by atoms with E-state index in [0.717, 1.165) is 13.0 Å². The van der Waals surface area contributed by atoms with Crippen LogP contribution in [0, 0.1) is 0 Å². The minimum Gasteiger partial charge on any atom is -0.481 e. The van der Waals surface area contributed by atoms with Gasteiger partial charge in [0.15, 0.2) is 0 Å². The van der Waals surface area contributed by atoms with Crippen LogP contribution in [-0.2, 0) is 15.6 Å². The number of hydrogen-bond donors (Lipinski definition) is 2. The number of aliphatic carboxylic acids is 1. The van der Waals surface area contributed by atoms with E-state index in [2.05, 4.69) is 5.32 Å². The molecular formula is C9H19NO3S. The summed E-state index contributed by atoms with van der Waals surface area (Å²) in [6.07, 6.45) is 2.63. The molecule has 14 heavy (non-hydrogen) atoms. The van der Waals surface area contributed by atoms with Gasteiger partial charge in [0.25, 0.3) is 0 Å². The predicted molar refractivity (Wildman–Crippen MR) is 57.9 cm³/mol. The summed E-state index contributed by atoms with van der Waals surface area (Å²) < 4.78 is 11.0. The van der Waals surface area contributed by atoms with Crippen LogP contribution in [0.3, 0.4) is 0 Å². The molecule has 0 spiro atoms. The van der Waals surface area contributed by atoms with E-state index in [1.165, 1.54) is 0 Å². The van der Waals surface area contributed by atoms with Crippen LogP contribution in [0.15, 0.2) is 0 Å². The Morgan fingerprint density at radius 3 is 2.50 bits per heavy atom. The van der Waals surface area contributed by atoms with Crippen molar-refractivity contribution >= 4 is 16.8 Å². The lowest BCUT2D eigenvalue weighted by atomic mass is 10.2. The van der Waals surface area contributed by atoms with Crippen molar-refractivity contribution in [2.24, 2.45) is 0 Å². The summed E-state index contributed by atoms with van der Waals surface area (Å²) >= 11 is 0. The van der Waals surface area contributed by atoms with Crippen molar-refractivity contribution < 1.29 is 14.1 Å². The van der Waals surface area contributed by atoms with Crippen LogP contribution >= 0.6 is 0 Å². The smallest absolute Gasteiger partial charge is 0.304 e. The second kappa shape index (κ2) is 6.95. The largest absolute Gasteiger partial charge is 0.481 e. The molecular weight excluding hydrogens is 202 g/mol. The van der Waals surface area contributed by atoms with Crippen LogP contribution in [0.25, 0.3) is 0 Å². The van der Waals surface area contributed by atoms with Gasteiger partial charge >= 0.3 is 5.97 Å². The second-order valence-electron chi connectivity index (χ2n) is 3.55. The third-order valence-electron chi connectivity index (χ3n) is 2.09. The van der Waals surface area contributed by atoms with E-state index in [1.54, 1.807) is 6.26 Å². The van der Waals surface area contributed by atoms with E-state index in [-0.39, 0.29) is 17.7 Å². The Bertz CT molecular complexity index is 208. The maximum atomic E-state index is 11.0. The standard InChI is InChI=1S/C9H19NO3S/c1-7(6-9(11)12)10-5-4-8(2)14(3)13/h7-8,10H,4-6H2,1-3H3,(H,11,12). The zero-order valence-electron chi connectivity index (χ0n) is 8.95. The van der Waals surface area contributed by atoms with Gasteiger partial charge in [-0.05, 0) is 19.9 Å². The van der Waals surface area contributed by atoms with E-state index >= 15 is 0 Å². The van der Waals surface area contributed by atoms with Crippen molar-refractivity contribution in [1.82, 2.24) is 5.32 Å². The van der Waals surface area contributed by atoms with Gasteiger partial charge in [-0.3, -0.25) is 9.00 Å². The van der Waals surface area contributed by atoms with Crippen molar-refractivity contribution in [3.8, 4) is 0 Å². The fourth-order valence-corrected chi connectivity index (χ4v) is 1.48. The van der Waals surface area contributed by atoms with Crippen LogP contribution in [-0.4, -0.2) is 39.4 Å². The van der Waals surface area contributed by atoms with E-state index < -0.39 is 16.8 Å². The molecule has 0 aromatic heterocycles. The Morgan fingerprint density at radius 1 is 1.50 bits per heavy atom. The Kier molecular flexibility index (Phi) is 6.74. The summed E-state index contributed by atoms with van der Waals surface area (Å²) in [4.78, 5) is 10.3. The lowest BCUT2D eigenvalue weighted by molar-refractivity contribution is -0.137. The number of rotatable bonds is 7. The van der Waals surface area contributed by atoms with E-state index in [4.69, 9.17) is 5.11 Å². The fraction of sp³-hybridized carbons (Fsp3) is 0.889. The zero-order chi connectivity index (χ0) is 11.1. The summed E-state index contributed by atoms with van der Waals surface area (Å²) in [5.74, 6) is -0.794. The molecule has 0 radical (unpaired) electrons. The highest BCUT2D eigenvalue weighted by molar-refractivity contribution is 7.84. The Hall–Kier alpha value is -0.420. The Balaban J connectivity index is 3.53. The number of carboxylic acid groups (broad SMARTS) is 1. The molecule has 0 aliphatic rings. The van der Waals surface area contributed by atoms with Crippen molar-refractivity contribution in [2.45, 2.75) is 38.0 Å². The van der Waals surface area contributed by atoms with Crippen LogP contribution in [0.2, 0.25) is 0 Å². The molecule has 0 bridgehead atoms. The van der Waals surface area contributed by atoms with Crippen molar-refractivity contribution in [3.05, 3.63) is 0 Å². The number of hydrogen-bond acceptors (Lipinski definition) is 3. The minimum atomic E-state index is -0.794. The van der Waals surface area contributed by atoms with E-state index in [0.29, 0.717) is 0 Å². The third-order valence-corrected chi connectivity index (χ3v) is 3.46. The van der Waals surface area contributed by atoms with Gasteiger partial charge in [0, 0.05) is 28.3 Å². The molecule has 0 aliphatic heterocycles. The van der Waals surface area contributed by atoms with E-state index in [9.17, 15) is 9.00 Å². The molecule has 0 aromatic rings. The summed E-state index contributed by atoms with van der Waals surface area (Å²) in [7, 11) is -0.792. The molecule has 0 aromatic carbocycles. The topological polar surface area (TPSA) is 66.4 Å². The average Bonchev–Trinajstić information content (AvgIpc) is 2.02. The molecule has 84 valence electrons. The molecule has 0 amide bonds. The molecule has 3 atom stereocenters. The maximum Gasteiger partial charge on any atom is 0.304 e. The number of carboxylic acids is 1. The lowest BCUT2D eigenvalue weighted by Crippen LogP contribution is -2.31. The van der Waals surface area contributed by atoms with Crippen LogP contribution < -0.4 is 5.32 Å². The highest BCUT2D eigenvalue weighted by Crippen LogP contribution is 1.98. The molecule has 4 nitrogen and oxygen atoms in total. The Labute approximate surface area is 87.5 Å². The summed E-state index contributed by atoms with van der Waals surface area (Å²) in [5, 5.41) is 11.7. The van der Waals surface area contributed by atoms with Crippen molar-refractivity contribution in [1.29, 1.82) is 0 Å². The first kappa shape index (κ1) is 13.6. The van der Waals surface area contributed by atoms with Gasteiger partial charge in [0.05, 0.1) is 6.42 Å². The molecule has 3 unspecified atom stereocenters. The van der Waals surface area contributed by atoms with Gasteiger partial charge < -0.3 is 10.4 Å². The quantitative estimate of drug-likeness (QED) is 0.660. The first-order chi connectivity index (χ1) is 6.43. The lowest BCUT2D eigenvalue weighted by Gasteiger charge is -2.13. The normalized spacial score (nSPS) is 17.4. The predicted octanol–water partition coefficient (Wildman–Crippen LogP) is 0.596. The molecule has 5 heteroatoms. The molecule has 0 heterocycles. The average molecular weight is 221 g/mol. The zero-order valence-corrected chi connectivity index (χ0v) is 9.76. The van der Waals surface area contributed by atoms with Crippen LogP contribution in [0.4, 0.5) is 0 Å².